The van der Waals surface area contributed by atoms with Gasteiger partial charge in [-0.1, -0.05) is 41.9 Å². The zero-order chi connectivity index (χ0) is 24.8. The average molecular weight is 482 g/mol. The summed E-state index contributed by atoms with van der Waals surface area (Å²) < 4.78 is 1.69. The largest absolute Gasteiger partial charge is 0.326 e. The van der Waals surface area contributed by atoms with E-state index in [1.165, 1.54) is 13.0 Å². The smallest absolute Gasteiger partial charge is 0.266 e. The van der Waals surface area contributed by atoms with Gasteiger partial charge in [-0.3, -0.25) is 9.59 Å². The Morgan fingerprint density at radius 1 is 0.971 bits per heavy atom. The first-order valence-electron chi connectivity index (χ1n) is 10.6. The molecule has 172 valence electrons. The maximum Gasteiger partial charge on any atom is 0.266 e. The van der Waals surface area contributed by atoms with Gasteiger partial charge in [0.2, 0.25) is 5.91 Å². The van der Waals surface area contributed by atoms with Crippen LogP contribution in [0.15, 0.2) is 90.6 Å². The van der Waals surface area contributed by atoms with E-state index in [0.29, 0.717) is 27.7 Å². The summed E-state index contributed by atoms with van der Waals surface area (Å²) >= 11 is 6.19. The zero-order valence-corrected chi connectivity index (χ0v) is 19.5. The van der Waals surface area contributed by atoms with Crippen molar-refractivity contribution in [3.05, 3.63) is 101 Å². The Labute approximate surface area is 207 Å². The summed E-state index contributed by atoms with van der Waals surface area (Å²) in [5.74, 6) is -0.757. The molecule has 4 aromatic rings. The van der Waals surface area contributed by atoms with Crippen LogP contribution in [0, 0.1) is 11.3 Å². The molecule has 0 aliphatic carbocycles. The minimum Gasteiger partial charge on any atom is -0.326 e. The molecule has 0 atom stereocenters. The second kappa shape index (κ2) is 10.5. The number of halogens is 1. The Hall–Kier alpha value is -4.67. The third-order valence-corrected chi connectivity index (χ3v) is 5.22. The molecular weight excluding hydrogens is 462 g/mol. The first kappa shape index (κ1) is 23.5. The number of rotatable bonds is 6. The quantitative estimate of drug-likeness (QED) is 0.272. The number of para-hydroxylation sites is 1. The fourth-order valence-corrected chi connectivity index (χ4v) is 3.60. The topological polar surface area (TPSA) is 99.8 Å². The number of aromatic nitrogens is 2. The van der Waals surface area contributed by atoms with Gasteiger partial charge in [0.25, 0.3) is 5.91 Å². The maximum absolute atomic E-state index is 12.9. The lowest BCUT2D eigenvalue weighted by Gasteiger charge is -2.06. The number of nitriles is 1. The van der Waals surface area contributed by atoms with Crippen molar-refractivity contribution in [3.63, 3.8) is 0 Å². The molecule has 0 radical (unpaired) electrons. The van der Waals surface area contributed by atoms with Crippen molar-refractivity contribution >= 4 is 40.9 Å². The second-order valence-electron chi connectivity index (χ2n) is 7.61. The molecule has 0 saturated heterocycles. The Bertz CT molecular complexity index is 1450. The number of nitrogens with zero attached hydrogens (tertiary/aromatic N) is 3. The normalized spacial score (nSPS) is 10.9. The number of hydrogen-bond acceptors (Lipinski definition) is 4. The van der Waals surface area contributed by atoms with Crippen LogP contribution in [-0.2, 0) is 9.59 Å². The van der Waals surface area contributed by atoms with Gasteiger partial charge in [0.05, 0.1) is 5.69 Å². The van der Waals surface area contributed by atoms with Gasteiger partial charge < -0.3 is 10.6 Å². The standard InChI is InChI=1S/C27H20ClN5O2/c1-18(34)30-23-10-12-24(13-11-23)31-27(35)20(16-29)14-21-17-33(25-8-3-2-4-9-25)32-26(21)19-6-5-7-22(28)15-19/h2-15,17H,1H3,(H,30,34)(H,31,35)/b20-14+. The molecule has 0 aliphatic rings. The van der Waals surface area contributed by atoms with Gasteiger partial charge in [0.1, 0.15) is 17.3 Å². The highest BCUT2D eigenvalue weighted by atomic mass is 35.5. The monoisotopic (exact) mass is 481 g/mol. The number of benzene rings is 3. The molecular formula is C27H20ClN5O2. The molecule has 0 unspecified atom stereocenters. The van der Waals surface area contributed by atoms with Crippen molar-refractivity contribution in [2.75, 3.05) is 10.6 Å². The number of anilines is 2. The predicted octanol–water partition coefficient (Wildman–Crippen LogP) is 5.70. The number of carbonyl (C=O) groups is 2. The summed E-state index contributed by atoms with van der Waals surface area (Å²) in [5, 5.41) is 20.3. The van der Waals surface area contributed by atoms with Crippen molar-refractivity contribution in [3.8, 4) is 23.0 Å². The Morgan fingerprint density at radius 3 is 2.29 bits per heavy atom. The van der Waals surface area contributed by atoms with Crippen molar-refractivity contribution < 1.29 is 9.59 Å². The minimum absolute atomic E-state index is 0.0909. The Balaban J connectivity index is 1.67. The van der Waals surface area contributed by atoms with E-state index in [1.807, 2.05) is 48.5 Å². The van der Waals surface area contributed by atoms with E-state index in [1.54, 1.807) is 47.3 Å². The van der Waals surface area contributed by atoms with Gasteiger partial charge in [0, 0.05) is 40.6 Å². The first-order chi connectivity index (χ1) is 16.9. The highest BCUT2D eigenvalue weighted by molar-refractivity contribution is 6.30. The molecule has 0 fully saturated rings. The van der Waals surface area contributed by atoms with Crippen LogP contribution in [0.4, 0.5) is 11.4 Å². The van der Waals surface area contributed by atoms with Crippen molar-refractivity contribution in [1.29, 1.82) is 5.26 Å². The number of nitrogens with one attached hydrogen (secondary N) is 2. The first-order valence-corrected chi connectivity index (χ1v) is 11.0. The molecule has 2 amide bonds. The molecule has 3 aromatic carbocycles. The van der Waals surface area contributed by atoms with E-state index >= 15 is 0 Å². The molecule has 0 spiro atoms. The number of carbonyl (C=O) groups excluding carboxylic acids is 2. The van der Waals surface area contributed by atoms with E-state index in [-0.39, 0.29) is 11.5 Å². The van der Waals surface area contributed by atoms with Gasteiger partial charge in [-0.2, -0.15) is 10.4 Å². The summed E-state index contributed by atoms with van der Waals surface area (Å²) in [7, 11) is 0. The Morgan fingerprint density at radius 2 is 1.66 bits per heavy atom. The van der Waals surface area contributed by atoms with Crippen LogP contribution in [-0.4, -0.2) is 21.6 Å². The van der Waals surface area contributed by atoms with Crippen LogP contribution in [0.5, 0.6) is 0 Å². The molecule has 1 aromatic heterocycles. The predicted molar refractivity (Wildman–Crippen MR) is 137 cm³/mol. The van der Waals surface area contributed by atoms with Crippen molar-refractivity contribution in [2.24, 2.45) is 0 Å². The van der Waals surface area contributed by atoms with Gasteiger partial charge in [-0.25, -0.2) is 4.68 Å². The van der Waals surface area contributed by atoms with E-state index < -0.39 is 5.91 Å². The number of amides is 2. The van der Waals surface area contributed by atoms with Crippen LogP contribution in [0.3, 0.4) is 0 Å². The SMILES string of the molecule is CC(=O)Nc1ccc(NC(=O)/C(C#N)=C/c2cn(-c3ccccc3)nc2-c2cccc(Cl)c2)cc1. The van der Waals surface area contributed by atoms with Crippen LogP contribution < -0.4 is 10.6 Å². The second-order valence-corrected chi connectivity index (χ2v) is 8.04. The third kappa shape index (κ3) is 5.82. The average Bonchev–Trinajstić information content (AvgIpc) is 3.28. The molecule has 0 bridgehead atoms. The molecule has 1 heterocycles. The van der Waals surface area contributed by atoms with Crippen molar-refractivity contribution in [1.82, 2.24) is 9.78 Å². The van der Waals surface area contributed by atoms with Gasteiger partial charge in [-0.15, -0.1) is 0 Å². The fourth-order valence-electron chi connectivity index (χ4n) is 3.41. The van der Waals surface area contributed by atoms with Gasteiger partial charge >= 0.3 is 0 Å². The molecule has 35 heavy (non-hydrogen) atoms. The van der Waals surface area contributed by atoms with Crippen LogP contribution in [0.1, 0.15) is 12.5 Å². The van der Waals surface area contributed by atoms with Crippen LogP contribution >= 0.6 is 11.6 Å². The maximum atomic E-state index is 12.9. The van der Waals surface area contributed by atoms with Crippen molar-refractivity contribution in [2.45, 2.75) is 6.92 Å². The third-order valence-electron chi connectivity index (χ3n) is 4.99. The molecule has 2 N–H and O–H groups in total. The molecule has 4 rings (SSSR count). The summed E-state index contributed by atoms with van der Waals surface area (Å²) in [6.07, 6.45) is 3.27. The van der Waals surface area contributed by atoms with E-state index in [0.717, 1.165) is 11.3 Å². The van der Waals surface area contributed by atoms with Gasteiger partial charge in [0.15, 0.2) is 0 Å². The zero-order valence-electron chi connectivity index (χ0n) is 18.7. The lowest BCUT2D eigenvalue weighted by atomic mass is 10.1. The fraction of sp³-hybridized carbons (Fsp3) is 0.0370. The van der Waals surface area contributed by atoms with Crippen LogP contribution in [0.2, 0.25) is 5.02 Å². The summed E-state index contributed by atoms with van der Waals surface area (Å²) in [4.78, 5) is 24.0. The molecule has 0 aliphatic heterocycles. The lowest BCUT2D eigenvalue weighted by Crippen LogP contribution is -2.13. The highest BCUT2D eigenvalue weighted by Gasteiger charge is 2.16. The molecule has 0 saturated carbocycles. The lowest BCUT2D eigenvalue weighted by molar-refractivity contribution is -0.114. The van der Waals surface area contributed by atoms with E-state index in [9.17, 15) is 14.9 Å². The van der Waals surface area contributed by atoms with E-state index in [4.69, 9.17) is 16.7 Å². The van der Waals surface area contributed by atoms with Crippen LogP contribution in [0.25, 0.3) is 23.0 Å². The molecule has 8 heteroatoms. The minimum atomic E-state index is -0.565. The number of hydrogen-bond donors (Lipinski definition) is 2. The highest BCUT2D eigenvalue weighted by Crippen LogP contribution is 2.28. The Kier molecular flexibility index (Phi) is 7.05. The summed E-state index contributed by atoms with van der Waals surface area (Å²) in [5.41, 5.74) is 3.75. The molecule has 7 nitrogen and oxygen atoms in total. The van der Waals surface area contributed by atoms with E-state index in [2.05, 4.69) is 10.6 Å². The summed E-state index contributed by atoms with van der Waals surface area (Å²) in [6, 6.07) is 25.3. The summed E-state index contributed by atoms with van der Waals surface area (Å²) in [6.45, 7) is 1.41. The van der Waals surface area contributed by atoms with Gasteiger partial charge in [-0.05, 0) is 54.6 Å².